The second-order valence-electron chi connectivity index (χ2n) is 6.19. The SMILES string of the molecule is CCCOc1ccccc1NC(=O)CN(CCC)S(=O)(=O)c1ccc(Cl)cc1. The topological polar surface area (TPSA) is 75.7 Å². The molecule has 28 heavy (non-hydrogen) atoms. The molecule has 0 radical (unpaired) electrons. The minimum Gasteiger partial charge on any atom is -0.491 e. The van der Waals surface area contributed by atoms with Crippen LogP contribution in [0.3, 0.4) is 0 Å². The number of sulfonamides is 1. The molecule has 2 aromatic carbocycles. The van der Waals surface area contributed by atoms with E-state index in [9.17, 15) is 13.2 Å². The fourth-order valence-corrected chi connectivity index (χ4v) is 4.16. The third kappa shape index (κ3) is 5.95. The van der Waals surface area contributed by atoms with Crippen LogP contribution < -0.4 is 10.1 Å². The van der Waals surface area contributed by atoms with Gasteiger partial charge in [0.05, 0.1) is 23.7 Å². The molecule has 0 saturated heterocycles. The van der Waals surface area contributed by atoms with Gasteiger partial charge in [-0.2, -0.15) is 4.31 Å². The first-order valence-corrected chi connectivity index (χ1v) is 11.0. The quantitative estimate of drug-likeness (QED) is 0.621. The number of anilines is 1. The Morgan fingerprint density at radius 2 is 1.75 bits per heavy atom. The van der Waals surface area contributed by atoms with Gasteiger partial charge in [0, 0.05) is 11.6 Å². The van der Waals surface area contributed by atoms with Crippen molar-refractivity contribution in [3.8, 4) is 5.75 Å². The summed E-state index contributed by atoms with van der Waals surface area (Å²) in [6, 6.07) is 13.0. The molecule has 0 fully saturated rings. The largest absolute Gasteiger partial charge is 0.491 e. The number of hydrogen-bond acceptors (Lipinski definition) is 4. The number of nitrogens with zero attached hydrogens (tertiary/aromatic N) is 1. The van der Waals surface area contributed by atoms with E-state index in [2.05, 4.69) is 5.32 Å². The molecule has 0 atom stereocenters. The lowest BCUT2D eigenvalue weighted by Gasteiger charge is -2.21. The number of amides is 1. The highest BCUT2D eigenvalue weighted by Crippen LogP contribution is 2.24. The molecule has 0 unspecified atom stereocenters. The van der Waals surface area contributed by atoms with Crippen LogP contribution in [-0.4, -0.2) is 38.3 Å². The Morgan fingerprint density at radius 1 is 1.07 bits per heavy atom. The molecule has 152 valence electrons. The number of rotatable bonds is 10. The fourth-order valence-electron chi connectivity index (χ4n) is 2.55. The Balaban J connectivity index is 2.16. The van der Waals surface area contributed by atoms with E-state index >= 15 is 0 Å². The van der Waals surface area contributed by atoms with E-state index in [4.69, 9.17) is 16.3 Å². The Kier molecular flexibility index (Phi) is 8.29. The van der Waals surface area contributed by atoms with Crippen LogP contribution in [-0.2, 0) is 14.8 Å². The van der Waals surface area contributed by atoms with Crippen molar-refractivity contribution in [2.24, 2.45) is 0 Å². The van der Waals surface area contributed by atoms with Crippen molar-refractivity contribution in [3.63, 3.8) is 0 Å². The fraction of sp³-hybridized carbons (Fsp3) is 0.350. The lowest BCUT2D eigenvalue weighted by atomic mass is 10.3. The zero-order valence-corrected chi connectivity index (χ0v) is 17.6. The number of nitrogens with one attached hydrogen (secondary N) is 1. The van der Waals surface area contributed by atoms with E-state index in [-0.39, 0.29) is 18.0 Å². The Bertz CT molecular complexity index is 885. The zero-order valence-electron chi connectivity index (χ0n) is 16.0. The molecule has 2 rings (SSSR count). The molecule has 8 heteroatoms. The monoisotopic (exact) mass is 424 g/mol. The summed E-state index contributed by atoms with van der Waals surface area (Å²) in [5, 5.41) is 3.20. The summed E-state index contributed by atoms with van der Waals surface area (Å²) in [5.74, 6) is 0.124. The summed E-state index contributed by atoms with van der Waals surface area (Å²) in [7, 11) is -3.81. The highest BCUT2D eigenvalue weighted by atomic mass is 35.5. The van der Waals surface area contributed by atoms with Crippen molar-refractivity contribution < 1.29 is 17.9 Å². The van der Waals surface area contributed by atoms with Crippen LogP contribution >= 0.6 is 11.6 Å². The number of halogens is 1. The average Bonchev–Trinajstić information content (AvgIpc) is 2.67. The van der Waals surface area contributed by atoms with Gasteiger partial charge in [-0.25, -0.2) is 8.42 Å². The van der Waals surface area contributed by atoms with Crippen LogP contribution in [0, 0.1) is 0 Å². The average molecular weight is 425 g/mol. The van der Waals surface area contributed by atoms with Crippen LogP contribution in [0.25, 0.3) is 0 Å². The molecule has 0 aliphatic heterocycles. The van der Waals surface area contributed by atoms with Gasteiger partial charge in [0.15, 0.2) is 0 Å². The molecule has 0 aliphatic carbocycles. The minimum atomic E-state index is -3.81. The van der Waals surface area contributed by atoms with Gasteiger partial charge in [-0.05, 0) is 49.2 Å². The molecule has 0 bridgehead atoms. The third-order valence-corrected chi connectivity index (χ3v) is 5.98. The zero-order chi connectivity index (χ0) is 20.6. The first-order chi connectivity index (χ1) is 13.4. The van der Waals surface area contributed by atoms with E-state index in [1.807, 2.05) is 19.9 Å². The first kappa shape index (κ1) is 22.2. The van der Waals surface area contributed by atoms with Crippen LogP contribution in [0.2, 0.25) is 5.02 Å². The van der Waals surface area contributed by atoms with E-state index in [1.165, 1.54) is 28.6 Å². The molecule has 6 nitrogen and oxygen atoms in total. The standard InChI is InChI=1S/C20H25ClN2O4S/c1-3-13-23(28(25,26)17-11-9-16(21)10-12-17)15-20(24)22-18-7-5-6-8-19(18)27-14-4-2/h5-12H,3-4,13-15H2,1-2H3,(H,22,24). The number of para-hydroxylation sites is 2. The van der Waals surface area contributed by atoms with Gasteiger partial charge in [-0.1, -0.05) is 37.6 Å². The van der Waals surface area contributed by atoms with Gasteiger partial charge >= 0.3 is 0 Å². The van der Waals surface area contributed by atoms with Crippen molar-refractivity contribution in [3.05, 3.63) is 53.6 Å². The molecule has 1 N–H and O–H groups in total. The molecule has 0 saturated carbocycles. The van der Waals surface area contributed by atoms with Gasteiger partial charge < -0.3 is 10.1 Å². The van der Waals surface area contributed by atoms with Crippen molar-refractivity contribution in [1.82, 2.24) is 4.31 Å². The number of benzene rings is 2. The second kappa shape index (κ2) is 10.5. The van der Waals surface area contributed by atoms with Gasteiger partial charge in [0.25, 0.3) is 0 Å². The first-order valence-electron chi connectivity index (χ1n) is 9.15. The highest BCUT2D eigenvalue weighted by Gasteiger charge is 2.26. The lowest BCUT2D eigenvalue weighted by Crippen LogP contribution is -2.38. The van der Waals surface area contributed by atoms with Crippen molar-refractivity contribution in [2.75, 3.05) is 25.0 Å². The minimum absolute atomic E-state index is 0.102. The van der Waals surface area contributed by atoms with Crippen molar-refractivity contribution >= 4 is 33.2 Å². The highest BCUT2D eigenvalue weighted by molar-refractivity contribution is 7.89. The Hall–Kier alpha value is -2.09. The predicted octanol–water partition coefficient (Wildman–Crippen LogP) is 4.17. The normalized spacial score (nSPS) is 11.4. The molecule has 0 heterocycles. The number of carbonyl (C=O) groups is 1. The lowest BCUT2D eigenvalue weighted by molar-refractivity contribution is -0.116. The number of hydrogen-bond donors (Lipinski definition) is 1. The van der Waals surface area contributed by atoms with Gasteiger partial charge in [-0.3, -0.25) is 4.79 Å². The second-order valence-corrected chi connectivity index (χ2v) is 8.56. The maximum atomic E-state index is 12.9. The van der Waals surface area contributed by atoms with Crippen LogP contribution in [0.4, 0.5) is 5.69 Å². The summed E-state index contributed by atoms with van der Waals surface area (Å²) in [5.41, 5.74) is 0.515. The Labute approximate surface area is 171 Å². The summed E-state index contributed by atoms with van der Waals surface area (Å²) in [4.78, 5) is 12.7. The van der Waals surface area contributed by atoms with Gasteiger partial charge in [0.1, 0.15) is 5.75 Å². The van der Waals surface area contributed by atoms with Crippen molar-refractivity contribution in [1.29, 1.82) is 0 Å². The molecule has 1 amide bonds. The number of carbonyl (C=O) groups excluding carboxylic acids is 1. The molecule has 2 aromatic rings. The molecule has 0 aliphatic rings. The summed E-state index contributed by atoms with van der Waals surface area (Å²) in [6.45, 7) is 4.31. The number of ether oxygens (including phenoxy) is 1. The van der Waals surface area contributed by atoms with E-state index in [1.54, 1.807) is 18.2 Å². The Morgan fingerprint density at radius 3 is 2.39 bits per heavy atom. The third-order valence-electron chi connectivity index (χ3n) is 3.87. The summed E-state index contributed by atoms with van der Waals surface area (Å²) >= 11 is 5.84. The van der Waals surface area contributed by atoms with Crippen LogP contribution in [0.5, 0.6) is 5.75 Å². The maximum absolute atomic E-state index is 12.9. The molecular formula is C20H25ClN2O4S. The van der Waals surface area contributed by atoms with Gasteiger partial charge in [-0.15, -0.1) is 0 Å². The van der Waals surface area contributed by atoms with Crippen LogP contribution in [0.1, 0.15) is 26.7 Å². The molecule has 0 aromatic heterocycles. The van der Waals surface area contributed by atoms with E-state index in [0.717, 1.165) is 6.42 Å². The summed E-state index contributed by atoms with van der Waals surface area (Å²) in [6.07, 6.45) is 1.42. The smallest absolute Gasteiger partial charge is 0.243 e. The van der Waals surface area contributed by atoms with Crippen LogP contribution in [0.15, 0.2) is 53.4 Å². The van der Waals surface area contributed by atoms with Gasteiger partial charge in [0.2, 0.25) is 15.9 Å². The maximum Gasteiger partial charge on any atom is 0.243 e. The van der Waals surface area contributed by atoms with Crippen molar-refractivity contribution in [2.45, 2.75) is 31.6 Å². The summed E-state index contributed by atoms with van der Waals surface area (Å²) < 4.78 is 32.6. The van der Waals surface area contributed by atoms with E-state index < -0.39 is 15.9 Å². The molecular weight excluding hydrogens is 400 g/mol. The van der Waals surface area contributed by atoms with E-state index in [0.29, 0.717) is 29.5 Å². The predicted molar refractivity (Wildman–Crippen MR) is 111 cm³/mol. The molecule has 0 spiro atoms.